The van der Waals surface area contributed by atoms with Crippen molar-refractivity contribution in [2.24, 2.45) is 0 Å². The van der Waals surface area contributed by atoms with Crippen molar-refractivity contribution in [2.75, 3.05) is 25.1 Å². The zero-order valence-electron chi connectivity index (χ0n) is 10.6. The largest absolute Gasteiger partial charge is 0.480 e. The molecule has 1 N–H and O–H groups in total. The highest BCUT2D eigenvalue weighted by Gasteiger charge is 2.33. The summed E-state index contributed by atoms with van der Waals surface area (Å²) in [5.41, 5.74) is 0. The lowest BCUT2D eigenvalue weighted by Gasteiger charge is -2.35. The van der Waals surface area contributed by atoms with Crippen LogP contribution in [0.5, 0.6) is 0 Å². The van der Waals surface area contributed by atoms with Crippen LogP contribution in [0.15, 0.2) is 17.5 Å². The molecule has 0 radical (unpaired) electrons. The van der Waals surface area contributed by atoms with E-state index < -0.39 is 12.0 Å². The van der Waals surface area contributed by atoms with Gasteiger partial charge in [0.05, 0.1) is 6.54 Å². The number of carbonyl (C=O) groups excluding carboxylic acids is 1. The van der Waals surface area contributed by atoms with E-state index in [2.05, 4.69) is 0 Å². The Morgan fingerprint density at radius 1 is 1.58 bits per heavy atom. The van der Waals surface area contributed by atoms with Crippen LogP contribution in [-0.4, -0.2) is 58.0 Å². The normalized spacial score (nSPS) is 19.2. The molecule has 1 fully saturated rings. The molecule has 0 spiro atoms. The smallest absolute Gasteiger partial charge is 0.327 e. The fraction of sp³-hybridized carbons (Fsp3) is 0.500. The highest BCUT2D eigenvalue weighted by atomic mass is 32.2. The Hall–Kier alpha value is -1.21. The maximum absolute atomic E-state index is 12.3. The second-order valence-electron chi connectivity index (χ2n) is 4.34. The first kappa shape index (κ1) is 14.2. The number of carbonyl (C=O) groups is 2. The Labute approximate surface area is 120 Å². The second kappa shape index (κ2) is 6.29. The highest BCUT2D eigenvalue weighted by Crippen LogP contribution is 2.19. The number of rotatable bonds is 3. The number of carboxylic acids is 1. The van der Waals surface area contributed by atoms with Crippen LogP contribution in [0.2, 0.25) is 0 Å². The number of hydrogen-bond acceptors (Lipinski definition) is 4. The molecule has 1 aliphatic rings. The van der Waals surface area contributed by atoms with Crippen LogP contribution in [0.4, 0.5) is 4.79 Å². The molecule has 1 atom stereocenters. The lowest BCUT2D eigenvalue weighted by Crippen LogP contribution is -2.53. The van der Waals surface area contributed by atoms with Gasteiger partial charge in [-0.1, -0.05) is 6.07 Å². The molecule has 2 rings (SSSR count). The standard InChI is InChI=1S/C12H16N2O3S2/c1-13(7-9-3-2-5-19-9)12(17)14-4-6-18-8-10(14)11(15)16/h2-3,5,10H,4,6-8H2,1H3,(H,15,16). The third-order valence-corrected chi connectivity index (χ3v) is 4.84. The summed E-state index contributed by atoms with van der Waals surface area (Å²) in [5.74, 6) is 0.334. The van der Waals surface area contributed by atoms with Gasteiger partial charge in [0.1, 0.15) is 6.04 Å². The lowest BCUT2D eigenvalue weighted by molar-refractivity contribution is -0.141. The van der Waals surface area contributed by atoms with Crippen LogP contribution in [0.1, 0.15) is 4.88 Å². The molecule has 5 nitrogen and oxygen atoms in total. The topological polar surface area (TPSA) is 60.9 Å². The Kier molecular flexibility index (Phi) is 4.71. The van der Waals surface area contributed by atoms with E-state index in [0.29, 0.717) is 18.8 Å². The quantitative estimate of drug-likeness (QED) is 0.924. The minimum atomic E-state index is -0.926. The Balaban J connectivity index is 2.02. The molecule has 19 heavy (non-hydrogen) atoms. The van der Waals surface area contributed by atoms with Crippen molar-refractivity contribution in [2.45, 2.75) is 12.6 Å². The summed E-state index contributed by atoms with van der Waals surface area (Å²) in [6.45, 7) is 1.02. The minimum absolute atomic E-state index is 0.207. The van der Waals surface area contributed by atoms with Crippen LogP contribution in [0.25, 0.3) is 0 Å². The number of urea groups is 1. The number of thioether (sulfide) groups is 1. The van der Waals surface area contributed by atoms with Gasteiger partial charge in [-0.05, 0) is 11.4 Å². The average Bonchev–Trinajstić information content (AvgIpc) is 2.90. The van der Waals surface area contributed by atoms with Gasteiger partial charge < -0.3 is 14.9 Å². The molecule has 7 heteroatoms. The molecular formula is C12H16N2O3S2. The predicted molar refractivity (Wildman–Crippen MR) is 76.6 cm³/mol. The molecular weight excluding hydrogens is 284 g/mol. The van der Waals surface area contributed by atoms with Crippen LogP contribution >= 0.6 is 23.1 Å². The van der Waals surface area contributed by atoms with E-state index in [4.69, 9.17) is 0 Å². The molecule has 1 saturated heterocycles. The molecule has 104 valence electrons. The number of amides is 2. The first-order valence-electron chi connectivity index (χ1n) is 5.94. The molecule has 2 amide bonds. The third kappa shape index (κ3) is 3.42. The summed E-state index contributed by atoms with van der Waals surface area (Å²) in [7, 11) is 1.71. The summed E-state index contributed by atoms with van der Waals surface area (Å²) < 4.78 is 0. The van der Waals surface area contributed by atoms with Crippen molar-refractivity contribution in [3.05, 3.63) is 22.4 Å². The van der Waals surface area contributed by atoms with Crippen molar-refractivity contribution >= 4 is 35.1 Å². The van der Waals surface area contributed by atoms with Gasteiger partial charge in [-0.25, -0.2) is 9.59 Å². The highest BCUT2D eigenvalue weighted by molar-refractivity contribution is 7.99. The third-order valence-electron chi connectivity index (χ3n) is 2.96. The number of carboxylic acid groups (broad SMARTS) is 1. The summed E-state index contributed by atoms with van der Waals surface area (Å²) >= 11 is 3.17. The Morgan fingerprint density at radius 3 is 3.00 bits per heavy atom. The summed E-state index contributed by atoms with van der Waals surface area (Å²) in [4.78, 5) is 27.6. The number of nitrogens with zero attached hydrogens (tertiary/aromatic N) is 2. The monoisotopic (exact) mass is 300 g/mol. The van der Waals surface area contributed by atoms with Gasteiger partial charge in [-0.2, -0.15) is 11.8 Å². The van der Waals surface area contributed by atoms with Crippen molar-refractivity contribution in [3.8, 4) is 0 Å². The molecule has 0 bridgehead atoms. The van der Waals surface area contributed by atoms with E-state index in [9.17, 15) is 14.7 Å². The van der Waals surface area contributed by atoms with Crippen molar-refractivity contribution < 1.29 is 14.7 Å². The number of hydrogen-bond donors (Lipinski definition) is 1. The summed E-state index contributed by atoms with van der Waals surface area (Å²) in [6, 6.07) is 2.99. The molecule has 1 aromatic heterocycles. The average molecular weight is 300 g/mol. The molecule has 1 aromatic rings. The SMILES string of the molecule is CN(Cc1cccs1)C(=O)N1CCSCC1C(=O)O. The fourth-order valence-corrected chi connectivity index (χ4v) is 3.76. The van der Waals surface area contributed by atoms with E-state index in [0.717, 1.165) is 10.6 Å². The first-order valence-corrected chi connectivity index (χ1v) is 7.97. The van der Waals surface area contributed by atoms with Gasteiger partial charge in [0, 0.05) is 30.0 Å². The van der Waals surface area contributed by atoms with Gasteiger partial charge >= 0.3 is 12.0 Å². The van der Waals surface area contributed by atoms with Crippen molar-refractivity contribution in [3.63, 3.8) is 0 Å². The van der Waals surface area contributed by atoms with Gasteiger partial charge in [0.25, 0.3) is 0 Å². The van der Waals surface area contributed by atoms with E-state index in [1.54, 1.807) is 35.0 Å². The maximum Gasteiger partial charge on any atom is 0.327 e. The zero-order valence-corrected chi connectivity index (χ0v) is 12.2. The van der Waals surface area contributed by atoms with E-state index in [1.165, 1.54) is 4.90 Å². The molecule has 0 aliphatic carbocycles. The predicted octanol–water partition coefficient (Wildman–Crippen LogP) is 1.80. The van der Waals surface area contributed by atoms with Gasteiger partial charge in [-0.3, -0.25) is 0 Å². The van der Waals surface area contributed by atoms with Crippen LogP contribution in [0, 0.1) is 0 Å². The maximum atomic E-state index is 12.3. The lowest BCUT2D eigenvalue weighted by atomic mass is 10.3. The second-order valence-corrected chi connectivity index (χ2v) is 6.52. The number of aliphatic carboxylic acids is 1. The zero-order chi connectivity index (χ0) is 13.8. The van der Waals surface area contributed by atoms with Crippen LogP contribution in [-0.2, 0) is 11.3 Å². The molecule has 1 aliphatic heterocycles. The van der Waals surface area contributed by atoms with E-state index in [-0.39, 0.29) is 6.03 Å². The molecule has 1 unspecified atom stereocenters. The summed E-state index contributed by atoms with van der Waals surface area (Å²) in [6.07, 6.45) is 0. The van der Waals surface area contributed by atoms with Crippen molar-refractivity contribution in [1.29, 1.82) is 0 Å². The van der Waals surface area contributed by atoms with Crippen molar-refractivity contribution in [1.82, 2.24) is 9.80 Å². The van der Waals surface area contributed by atoms with Gasteiger partial charge in [0.15, 0.2) is 0 Å². The Morgan fingerprint density at radius 2 is 2.37 bits per heavy atom. The fourth-order valence-electron chi connectivity index (χ4n) is 1.96. The summed E-state index contributed by atoms with van der Waals surface area (Å²) in [5, 5.41) is 11.1. The minimum Gasteiger partial charge on any atom is -0.480 e. The number of thiophene rings is 1. The van der Waals surface area contributed by atoms with E-state index >= 15 is 0 Å². The van der Waals surface area contributed by atoms with E-state index in [1.807, 2.05) is 17.5 Å². The van der Waals surface area contributed by atoms with Crippen LogP contribution in [0.3, 0.4) is 0 Å². The van der Waals surface area contributed by atoms with Crippen LogP contribution < -0.4 is 0 Å². The van der Waals surface area contributed by atoms with Gasteiger partial charge in [0.2, 0.25) is 0 Å². The molecule has 0 aromatic carbocycles. The van der Waals surface area contributed by atoms with Gasteiger partial charge in [-0.15, -0.1) is 11.3 Å². The Bertz CT molecular complexity index is 450. The molecule has 2 heterocycles. The first-order chi connectivity index (χ1) is 9.09. The molecule has 0 saturated carbocycles.